The Hall–Kier alpha value is -1.04. The predicted octanol–water partition coefficient (Wildman–Crippen LogP) is 3.00. The van der Waals surface area contributed by atoms with Crippen LogP contribution in [0, 0.1) is 0 Å². The largest absolute Gasteiger partial charge is 0.419 e. The van der Waals surface area contributed by atoms with Crippen LogP contribution in [0.15, 0.2) is 12.4 Å². The second-order valence-corrected chi connectivity index (χ2v) is 4.77. The zero-order valence-electron chi connectivity index (χ0n) is 10.4. The van der Waals surface area contributed by atoms with Crippen LogP contribution in [-0.2, 0) is 6.18 Å². The first kappa shape index (κ1) is 13.4. The van der Waals surface area contributed by atoms with Gasteiger partial charge >= 0.3 is 6.18 Å². The van der Waals surface area contributed by atoms with Gasteiger partial charge in [0, 0.05) is 12.2 Å². The molecule has 1 saturated carbocycles. The maximum Gasteiger partial charge on any atom is 0.419 e. The van der Waals surface area contributed by atoms with E-state index < -0.39 is 11.7 Å². The normalized spacial score (nSPS) is 24.7. The van der Waals surface area contributed by atoms with E-state index in [1.54, 1.807) is 0 Å². The first-order valence-corrected chi connectivity index (χ1v) is 6.37. The van der Waals surface area contributed by atoms with Gasteiger partial charge in [0.2, 0.25) is 0 Å². The lowest BCUT2D eigenvalue weighted by molar-refractivity contribution is -0.137. The Balaban J connectivity index is 2.08. The van der Waals surface area contributed by atoms with Crippen LogP contribution in [0.1, 0.15) is 44.2 Å². The fourth-order valence-corrected chi connectivity index (χ4v) is 2.49. The number of nitrogens with one attached hydrogen (secondary N) is 1. The quantitative estimate of drug-likeness (QED) is 0.903. The Kier molecular flexibility index (Phi) is 3.94. The van der Waals surface area contributed by atoms with Crippen molar-refractivity contribution in [3.05, 3.63) is 18.0 Å². The first-order chi connectivity index (χ1) is 8.52. The molecule has 0 saturated heterocycles. The summed E-state index contributed by atoms with van der Waals surface area (Å²) in [6.07, 6.45) is 1.69. The number of hydrogen-bond donors (Lipinski definition) is 1. The van der Waals surface area contributed by atoms with Crippen LogP contribution in [0.4, 0.5) is 13.2 Å². The molecule has 2 rings (SSSR count). The van der Waals surface area contributed by atoms with E-state index in [1.807, 2.05) is 0 Å². The van der Waals surface area contributed by atoms with E-state index >= 15 is 0 Å². The molecule has 1 N–H and O–H groups in total. The van der Waals surface area contributed by atoms with Crippen LogP contribution in [0.5, 0.6) is 0 Å². The van der Waals surface area contributed by atoms with Gasteiger partial charge in [-0.3, -0.25) is 4.68 Å². The number of halogens is 3. The summed E-state index contributed by atoms with van der Waals surface area (Å²) in [7, 11) is 0. The van der Waals surface area contributed by atoms with Crippen molar-refractivity contribution in [2.24, 2.45) is 0 Å². The highest BCUT2D eigenvalue weighted by Gasteiger charge is 2.35. The van der Waals surface area contributed by atoms with Gasteiger partial charge in [-0.2, -0.15) is 18.3 Å². The molecule has 2 unspecified atom stereocenters. The zero-order chi connectivity index (χ0) is 13.2. The molecule has 102 valence electrons. The van der Waals surface area contributed by atoms with Gasteiger partial charge in [0.1, 0.15) is 0 Å². The lowest BCUT2D eigenvalue weighted by Crippen LogP contribution is -2.34. The summed E-state index contributed by atoms with van der Waals surface area (Å²) in [6, 6.07) is 0.290. The zero-order valence-corrected chi connectivity index (χ0v) is 10.4. The third-order valence-electron chi connectivity index (χ3n) is 3.40. The highest BCUT2D eigenvalue weighted by molar-refractivity contribution is 5.09. The third kappa shape index (κ3) is 2.85. The average Bonchev–Trinajstić information content (AvgIpc) is 2.93. The highest BCUT2D eigenvalue weighted by atomic mass is 19.4. The molecule has 3 nitrogen and oxygen atoms in total. The molecule has 1 heterocycles. The van der Waals surface area contributed by atoms with Gasteiger partial charge in [-0.25, -0.2) is 0 Å². The minimum Gasteiger partial charge on any atom is -0.312 e. The molecule has 1 aromatic heterocycles. The van der Waals surface area contributed by atoms with Crippen LogP contribution < -0.4 is 5.32 Å². The molecule has 0 aliphatic heterocycles. The van der Waals surface area contributed by atoms with E-state index in [2.05, 4.69) is 17.3 Å². The van der Waals surface area contributed by atoms with Crippen LogP contribution >= 0.6 is 0 Å². The van der Waals surface area contributed by atoms with Crippen molar-refractivity contribution in [2.75, 3.05) is 6.54 Å². The minimum atomic E-state index is -4.30. The maximum atomic E-state index is 12.5. The SMILES string of the molecule is CCCNC1CCCC1n1cc(C(F)(F)F)cn1. The van der Waals surface area contributed by atoms with Gasteiger partial charge in [-0.05, 0) is 32.2 Å². The first-order valence-electron chi connectivity index (χ1n) is 6.37. The van der Waals surface area contributed by atoms with E-state index in [9.17, 15) is 13.2 Å². The van der Waals surface area contributed by atoms with Crippen LogP contribution in [0.25, 0.3) is 0 Å². The van der Waals surface area contributed by atoms with Crippen LogP contribution in [0.2, 0.25) is 0 Å². The Morgan fingerprint density at radius 2 is 2.22 bits per heavy atom. The molecule has 0 spiro atoms. The third-order valence-corrected chi connectivity index (χ3v) is 3.40. The summed E-state index contributed by atoms with van der Waals surface area (Å²) in [4.78, 5) is 0. The second kappa shape index (κ2) is 5.30. The van der Waals surface area contributed by atoms with E-state index in [0.717, 1.165) is 44.6 Å². The molecule has 1 aromatic rings. The van der Waals surface area contributed by atoms with Crippen molar-refractivity contribution in [2.45, 2.75) is 50.9 Å². The number of aromatic nitrogens is 2. The Labute approximate surface area is 104 Å². The standard InChI is InChI=1S/C12H18F3N3/c1-2-6-16-10-4-3-5-11(10)18-8-9(7-17-18)12(13,14)15/h7-8,10-11,16H,2-6H2,1H3. The molecule has 1 aliphatic carbocycles. The Morgan fingerprint density at radius 3 is 2.83 bits per heavy atom. The topological polar surface area (TPSA) is 29.9 Å². The van der Waals surface area contributed by atoms with Crippen molar-refractivity contribution < 1.29 is 13.2 Å². The summed E-state index contributed by atoms with van der Waals surface area (Å²) in [5.41, 5.74) is -0.663. The summed E-state index contributed by atoms with van der Waals surface area (Å²) in [6.45, 7) is 2.97. The smallest absolute Gasteiger partial charge is 0.312 e. The van der Waals surface area contributed by atoms with Gasteiger partial charge in [0.25, 0.3) is 0 Å². The molecule has 0 radical (unpaired) electrons. The van der Waals surface area contributed by atoms with Crippen LogP contribution in [0.3, 0.4) is 0 Å². The molecule has 2 atom stereocenters. The number of hydrogen-bond acceptors (Lipinski definition) is 2. The van der Waals surface area contributed by atoms with E-state index in [0.29, 0.717) is 0 Å². The fourth-order valence-electron chi connectivity index (χ4n) is 2.49. The van der Waals surface area contributed by atoms with E-state index in [1.165, 1.54) is 4.68 Å². The van der Waals surface area contributed by atoms with Gasteiger partial charge in [-0.1, -0.05) is 6.92 Å². The molecule has 1 aliphatic rings. The van der Waals surface area contributed by atoms with Gasteiger partial charge in [-0.15, -0.1) is 0 Å². The Bertz CT molecular complexity index is 386. The average molecular weight is 261 g/mol. The molecular formula is C12H18F3N3. The monoisotopic (exact) mass is 261 g/mol. The number of alkyl halides is 3. The van der Waals surface area contributed by atoms with Gasteiger partial charge in [0.15, 0.2) is 0 Å². The molecule has 1 fully saturated rings. The summed E-state index contributed by atoms with van der Waals surface area (Å²) in [5, 5.41) is 7.27. The molecule has 18 heavy (non-hydrogen) atoms. The molecule has 0 aromatic carbocycles. The van der Waals surface area contributed by atoms with Crippen molar-refractivity contribution in [1.82, 2.24) is 15.1 Å². The maximum absolute atomic E-state index is 12.5. The molecular weight excluding hydrogens is 243 g/mol. The molecule has 0 amide bonds. The predicted molar refractivity (Wildman–Crippen MR) is 62.2 cm³/mol. The second-order valence-electron chi connectivity index (χ2n) is 4.77. The highest BCUT2D eigenvalue weighted by Crippen LogP contribution is 2.33. The minimum absolute atomic E-state index is 0.0487. The number of rotatable bonds is 4. The van der Waals surface area contributed by atoms with Crippen molar-refractivity contribution in [1.29, 1.82) is 0 Å². The summed E-state index contributed by atoms with van der Waals surface area (Å²) >= 11 is 0. The fraction of sp³-hybridized carbons (Fsp3) is 0.750. The Morgan fingerprint density at radius 1 is 1.44 bits per heavy atom. The van der Waals surface area contributed by atoms with Crippen molar-refractivity contribution >= 4 is 0 Å². The summed E-state index contributed by atoms with van der Waals surface area (Å²) < 4.78 is 39.0. The number of nitrogens with zero attached hydrogens (tertiary/aromatic N) is 2. The van der Waals surface area contributed by atoms with Crippen molar-refractivity contribution in [3.8, 4) is 0 Å². The van der Waals surface area contributed by atoms with Crippen LogP contribution in [-0.4, -0.2) is 22.4 Å². The van der Waals surface area contributed by atoms with Gasteiger partial charge in [0.05, 0.1) is 17.8 Å². The van der Waals surface area contributed by atoms with E-state index in [4.69, 9.17) is 0 Å². The molecule has 0 bridgehead atoms. The molecule has 6 heteroatoms. The summed E-state index contributed by atoms with van der Waals surface area (Å²) in [5.74, 6) is 0. The lowest BCUT2D eigenvalue weighted by Gasteiger charge is -2.21. The van der Waals surface area contributed by atoms with E-state index in [-0.39, 0.29) is 12.1 Å². The van der Waals surface area contributed by atoms with Gasteiger partial charge < -0.3 is 5.32 Å². The lowest BCUT2D eigenvalue weighted by atomic mass is 10.1. The van der Waals surface area contributed by atoms with Crippen molar-refractivity contribution in [3.63, 3.8) is 0 Å².